The zero-order chi connectivity index (χ0) is 15.9. The van der Waals surface area contributed by atoms with Crippen LogP contribution in [-0.2, 0) is 16.8 Å². The van der Waals surface area contributed by atoms with Crippen LogP contribution in [0.1, 0.15) is 24.1 Å². The Morgan fingerprint density at radius 1 is 1.26 bits per heavy atom. The quantitative estimate of drug-likeness (QED) is 0.890. The van der Waals surface area contributed by atoms with Gasteiger partial charge in [-0.3, -0.25) is 9.59 Å². The fraction of sp³-hybridized carbons (Fsp3) is 0.375. The minimum Gasteiger partial charge on any atom is -0.486 e. The van der Waals surface area contributed by atoms with E-state index in [0.717, 1.165) is 41.2 Å². The van der Waals surface area contributed by atoms with Crippen molar-refractivity contribution in [2.24, 2.45) is 0 Å². The zero-order valence-electron chi connectivity index (χ0n) is 12.4. The second-order valence-electron chi connectivity index (χ2n) is 5.80. The van der Waals surface area contributed by atoms with Crippen molar-refractivity contribution in [1.82, 2.24) is 10.3 Å². The van der Waals surface area contributed by atoms with Crippen LogP contribution in [0, 0.1) is 0 Å². The average Bonchev–Trinajstić information content (AvgIpc) is 3.29. The van der Waals surface area contributed by atoms with Crippen LogP contribution in [0.4, 0.5) is 0 Å². The normalized spacial score (nSPS) is 17.6. The van der Waals surface area contributed by atoms with Crippen LogP contribution < -0.4 is 19.7 Å². The predicted molar refractivity (Wildman–Crippen MR) is 85.1 cm³/mol. The van der Waals surface area contributed by atoms with Gasteiger partial charge in [-0.25, -0.2) is 0 Å². The fourth-order valence-corrected chi connectivity index (χ4v) is 3.44. The van der Waals surface area contributed by atoms with Crippen LogP contribution >= 0.6 is 11.3 Å². The second kappa shape index (κ2) is 5.42. The summed E-state index contributed by atoms with van der Waals surface area (Å²) in [4.78, 5) is 26.3. The number of nitrogens with one attached hydrogen (secondary N) is 2. The molecular formula is C16H16N2O4S. The number of hydrogen-bond acceptors (Lipinski definition) is 5. The molecule has 6 nitrogen and oxygen atoms in total. The van der Waals surface area contributed by atoms with E-state index >= 15 is 0 Å². The Balaban J connectivity index is 1.51. The maximum Gasteiger partial charge on any atom is 0.304 e. The van der Waals surface area contributed by atoms with Gasteiger partial charge in [-0.05, 0) is 30.5 Å². The van der Waals surface area contributed by atoms with Gasteiger partial charge in [-0.2, -0.15) is 0 Å². The molecule has 2 heterocycles. The zero-order valence-corrected chi connectivity index (χ0v) is 13.2. The lowest BCUT2D eigenvalue weighted by atomic mass is 9.94. The first-order valence-electron chi connectivity index (χ1n) is 7.52. The fourth-order valence-electron chi connectivity index (χ4n) is 2.86. The number of carbonyl (C=O) groups excluding carboxylic acids is 1. The summed E-state index contributed by atoms with van der Waals surface area (Å²) in [5, 5.41) is 4.65. The summed E-state index contributed by atoms with van der Waals surface area (Å²) in [5.41, 5.74) is 1.20. The van der Waals surface area contributed by atoms with Crippen molar-refractivity contribution < 1.29 is 14.3 Å². The molecule has 0 saturated heterocycles. The molecule has 2 aliphatic rings. The molecule has 23 heavy (non-hydrogen) atoms. The van der Waals surface area contributed by atoms with Crippen LogP contribution in [0.3, 0.4) is 0 Å². The van der Waals surface area contributed by atoms with Crippen molar-refractivity contribution >= 4 is 17.2 Å². The maximum atomic E-state index is 12.6. The highest BCUT2D eigenvalue weighted by molar-refractivity contribution is 7.07. The molecule has 0 spiro atoms. The van der Waals surface area contributed by atoms with E-state index in [0.29, 0.717) is 25.5 Å². The Morgan fingerprint density at radius 2 is 2.04 bits per heavy atom. The first-order valence-corrected chi connectivity index (χ1v) is 8.40. The molecule has 7 heteroatoms. The molecule has 2 N–H and O–H groups in total. The number of thiazole rings is 1. The Hall–Kier alpha value is -2.28. The van der Waals surface area contributed by atoms with Crippen LogP contribution in [0.25, 0.3) is 0 Å². The number of carbonyl (C=O) groups is 1. The molecular weight excluding hydrogens is 316 g/mol. The lowest BCUT2D eigenvalue weighted by Gasteiger charge is -2.21. The van der Waals surface area contributed by atoms with Gasteiger partial charge < -0.3 is 19.8 Å². The largest absolute Gasteiger partial charge is 0.486 e. The minimum atomic E-state index is -0.480. The van der Waals surface area contributed by atoms with Gasteiger partial charge in [0.05, 0.1) is 12.0 Å². The van der Waals surface area contributed by atoms with Gasteiger partial charge in [0, 0.05) is 11.1 Å². The van der Waals surface area contributed by atoms with Crippen LogP contribution in [0.15, 0.2) is 28.4 Å². The van der Waals surface area contributed by atoms with E-state index in [1.807, 2.05) is 18.2 Å². The topological polar surface area (TPSA) is 80.4 Å². The number of rotatable bonds is 4. The van der Waals surface area contributed by atoms with E-state index in [9.17, 15) is 9.59 Å². The van der Waals surface area contributed by atoms with Crippen LogP contribution in [0.5, 0.6) is 11.5 Å². The van der Waals surface area contributed by atoms with Crippen LogP contribution in [-0.4, -0.2) is 24.1 Å². The minimum absolute atomic E-state index is 0.0128. The molecule has 1 aliphatic heterocycles. The van der Waals surface area contributed by atoms with Gasteiger partial charge >= 0.3 is 4.87 Å². The third-order valence-corrected chi connectivity index (χ3v) is 5.01. The molecule has 0 bridgehead atoms. The summed E-state index contributed by atoms with van der Waals surface area (Å²) in [6, 6.07) is 5.72. The highest BCUT2D eigenvalue weighted by Gasteiger charge is 2.51. The Labute approximate surface area is 136 Å². The molecule has 1 aromatic carbocycles. The molecule has 0 unspecified atom stereocenters. The molecule has 0 atom stereocenters. The number of aromatic amines is 1. The predicted octanol–water partition coefficient (Wildman–Crippen LogP) is 1.56. The summed E-state index contributed by atoms with van der Waals surface area (Å²) >= 11 is 1.10. The van der Waals surface area contributed by atoms with Gasteiger partial charge in [-0.15, -0.1) is 0 Å². The monoisotopic (exact) mass is 332 g/mol. The van der Waals surface area contributed by atoms with E-state index in [-0.39, 0.29) is 10.8 Å². The highest BCUT2D eigenvalue weighted by Crippen LogP contribution is 2.50. The molecule has 4 rings (SSSR count). The number of amides is 1. The van der Waals surface area contributed by atoms with Gasteiger partial charge in [0.1, 0.15) is 13.2 Å². The molecule has 120 valence electrons. The van der Waals surface area contributed by atoms with E-state index in [2.05, 4.69) is 10.3 Å². The van der Waals surface area contributed by atoms with Crippen molar-refractivity contribution in [1.29, 1.82) is 0 Å². The van der Waals surface area contributed by atoms with Crippen molar-refractivity contribution in [2.75, 3.05) is 13.2 Å². The Kier molecular flexibility index (Phi) is 3.37. The van der Waals surface area contributed by atoms with Gasteiger partial charge in [0.15, 0.2) is 11.5 Å². The van der Waals surface area contributed by atoms with Crippen molar-refractivity contribution in [3.8, 4) is 11.5 Å². The van der Waals surface area contributed by atoms with Crippen LogP contribution in [0.2, 0.25) is 0 Å². The lowest BCUT2D eigenvalue weighted by Crippen LogP contribution is -2.34. The van der Waals surface area contributed by atoms with E-state index in [1.54, 1.807) is 5.38 Å². The van der Waals surface area contributed by atoms with E-state index in [1.165, 1.54) is 0 Å². The first kappa shape index (κ1) is 14.3. The molecule has 0 radical (unpaired) electrons. The van der Waals surface area contributed by atoms with Crippen molar-refractivity contribution in [2.45, 2.75) is 24.8 Å². The number of H-pyrrole nitrogens is 1. The standard InChI is InChI=1S/C16H16N2O4S/c19-14(17-8-11-9-23-15(20)18-11)16(3-4-16)10-1-2-12-13(7-10)22-6-5-21-12/h1-2,7,9H,3-6,8H2,(H,17,19)(H,18,20). The smallest absolute Gasteiger partial charge is 0.304 e. The molecule has 1 saturated carbocycles. The molecule has 2 aromatic rings. The number of ether oxygens (including phenoxy) is 2. The van der Waals surface area contributed by atoms with Crippen molar-refractivity contribution in [3.05, 3.63) is 44.5 Å². The number of fused-ring (bicyclic) bond motifs is 1. The Bertz CT molecular complexity index is 806. The number of hydrogen-bond donors (Lipinski definition) is 2. The summed E-state index contributed by atoms with van der Waals surface area (Å²) in [7, 11) is 0. The number of aromatic nitrogens is 1. The second-order valence-corrected chi connectivity index (χ2v) is 6.64. The molecule has 1 fully saturated rings. The summed E-state index contributed by atoms with van der Waals surface area (Å²) in [6.07, 6.45) is 1.64. The highest BCUT2D eigenvalue weighted by atomic mass is 32.1. The lowest BCUT2D eigenvalue weighted by molar-refractivity contribution is -0.123. The van der Waals surface area contributed by atoms with Crippen molar-refractivity contribution in [3.63, 3.8) is 0 Å². The maximum absolute atomic E-state index is 12.6. The SMILES string of the molecule is O=C(NCc1csc(=O)[nH]1)C1(c2ccc3c(c2)OCCO3)CC1. The van der Waals surface area contributed by atoms with Gasteiger partial charge in [0.25, 0.3) is 0 Å². The Morgan fingerprint density at radius 3 is 2.74 bits per heavy atom. The van der Waals surface area contributed by atoms with Gasteiger partial charge in [-0.1, -0.05) is 17.4 Å². The summed E-state index contributed by atoms with van der Waals surface area (Å²) in [6.45, 7) is 1.42. The molecule has 1 aromatic heterocycles. The van der Waals surface area contributed by atoms with E-state index < -0.39 is 5.41 Å². The average molecular weight is 332 g/mol. The third kappa shape index (κ3) is 2.61. The molecule has 1 aliphatic carbocycles. The molecule has 1 amide bonds. The third-order valence-electron chi connectivity index (χ3n) is 4.29. The summed E-state index contributed by atoms with van der Waals surface area (Å²) < 4.78 is 11.1. The van der Waals surface area contributed by atoms with Gasteiger partial charge in [0.2, 0.25) is 5.91 Å². The summed E-state index contributed by atoms with van der Waals surface area (Å²) in [5.74, 6) is 1.42. The van der Waals surface area contributed by atoms with E-state index in [4.69, 9.17) is 9.47 Å². The number of benzene rings is 1. The first-order chi connectivity index (χ1) is 11.2.